The van der Waals surface area contributed by atoms with Gasteiger partial charge in [-0.3, -0.25) is 4.79 Å². The molecule has 0 bridgehead atoms. The molecule has 3 aromatic rings. The highest BCUT2D eigenvalue weighted by Crippen LogP contribution is 2.26. The summed E-state index contributed by atoms with van der Waals surface area (Å²) in [4.78, 5) is 23.5. The third-order valence-corrected chi connectivity index (χ3v) is 5.25. The van der Waals surface area contributed by atoms with Crippen molar-refractivity contribution in [3.8, 4) is 17.0 Å². The number of amides is 1. The van der Waals surface area contributed by atoms with E-state index in [0.717, 1.165) is 54.5 Å². The quantitative estimate of drug-likeness (QED) is 0.693. The highest BCUT2D eigenvalue weighted by molar-refractivity contribution is 5.79. The van der Waals surface area contributed by atoms with Gasteiger partial charge < -0.3 is 19.4 Å². The van der Waals surface area contributed by atoms with Gasteiger partial charge in [-0.05, 0) is 49.2 Å². The molecule has 4 rings (SSSR count). The first-order chi connectivity index (χ1) is 14.2. The minimum absolute atomic E-state index is 0.0177. The third-order valence-electron chi connectivity index (χ3n) is 5.25. The summed E-state index contributed by atoms with van der Waals surface area (Å²) in [6, 6.07) is 13.5. The summed E-state index contributed by atoms with van der Waals surface area (Å²) >= 11 is 0. The van der Waals surface area contributed by atoms with E-state index in [1.165, 1.54) is 0 Å². The maximum atomic E-state index is 12.4. The number of benzene rings is 1. The number of anilines is 1. The number of piperidine rings is 1. The molecule has 0 atom stereocenters. The molecule has 2 aromatic heterocycles. The molecule has 7 heteroatoms. The van der Waals surface area contributed by atoms with Crippen molar-refractivity contribution in [3.63, 3.8) is 0 Å². The number of ether oxygens (including phenoxy) is 1. The number of hydrogen-bond acceptors (Lipinski definition) is 6. The second kappa shape index (κ2) is 8.77. The molecule has 1 aliphatic heterocycles. The van der Waals surface area contributed by atoms with Gasteiger partial charge in [0.25, 0.3) is 0 Å². The number of nitrogens with one attached hydrogen (secondary N) is 1. The molecule has 1 fully saturated rings. The van der Waals surface area contributed by atoms with Crippen LogP contribution in [0.3, 0.4) is 0 Å². The third kappa shape index (κ3) is 4.56. The lowest BCUT2D eigenvalue weighted by Gasteiger charge is -2.32. The van der Waals surface area contributed by atoms with Crippen molar-refractivity contribution in [1.82, 2.24) is 15.3 Å². The monoisotopic (exact) mass is 392 g/mol. The van der Waals surface area contributed by atoms with Crippen LogP contribution >= 0.6 is 0 Å². The van der Waals surface area contributed by atoms with E-state index < -0.39 is 0 Å². The van der Waals surface area contributed by atoms with Crippen LogP contribution in [0.5, 0.6) is 5.75 Å². The van der Waals surface area contributed by atoms with Crippen molar-refractivity contribution in [2.75, 3.05) is 25.1 Å². The SMILES string of the molecule is COc1ccc(-c2cc(N3CCC(C(=O)NCc4ccco4)CC3)ncn2)cc1. The maximum absolute atomic E-state index is 12.4. The summed E-state index contributed by atoms with van der Waals surface area (Å²) < 4.78 is 10.5. The average molecular weight is 392 g/mol. The van der Waals surface area contributed by atoms with Crippen LogP contribution in [0.4, 0.5) is 5.82 Å². The Morgan fingerprint density at radius 2 is 2.00 bits per heavy atom. The molecular weight excluding hydrogens is 368 g/mol. The number of hydrogen-bond donors (Lipinski definition) is 1. The number of carbonyl (C=O) groups is 1. The maximum Gasteiger partial charge on any atom is 0.223 e. The van der Waals surface area contributed by atoms with Gasteiger partial charge in [-0.1, -0.05) is 0 Å². The minimum Gasteiger partial charge on any atom is -0.497 e. The van der Waals surface area contributed by atoms with Gasteiger partial charge in [-0.25, -0.2) is 9.97 Å². The topological polar surface area (TPSA) is 80.5 Å². The number of rotatable bonds is 6. The van der Waals surface area contributed by atoms with Crippen molar-refractivity contribution in [2.24, 2.45) is 5.92 Å². The van der Waals surface area contributed by atoms with Crippen molar-refractivity contribution in [3.05, 3.63) is 60.8 Å². The zero-order chi connectivity index (χ0) is 20.1. The molecule has 1 amide bonds. The summed E-state index contributed by atoms with van der Waals surface area (Å²) in [5.41, 5.74) is 1.89. The molecule has 29 heavy (non-hydrogen) atoms. The normalized spacial score (nSPS) is 14.6. The van der Waals surface area contributed by atoms with Gasteiger partial charge >= 0.3 is 0 Å². The van der Waals surface area contributed by atoms with Crippen LogP contribution in [0.15, 0.2) is 59.5 Å². The zero-order valence-corrected chi connectivity index (χ0v) is 16.4. The molecule has 7 nitrogen and oxygen atoms in total. The van der Waals surface area contributed by atoms with Crippen molar-refractivity contribution in [2.45, 2.75) is 19.4 Å². The summed E-state index contributed by atoms with van der Waals surface area (Å²) in [6.07, 6.45) is 4.80. The summed E-state index contributed by atoms with van der Waals surface area (Å²) in [7, 11) is 1.65. The Balaban J connectivity index is 1.35. The molecule has 0 aliphatic carbocycles. The largest absolute Gasteiger partial charge is 0.497 e. The van der Waals surface area contributed by atoms with E-state index in [9.17, 15) is 4.79 Å². The minimum atomic E-state index is 0.0177. The van der Waals surface area contributed by atoms with Crippen LogP contribution in [0.1, 0.15) is 18.6 Å². The van der Waals surface area contributed by atoms with Gasteiger partial charge in [0.05, 0.1) is 25.6 Å². The Morgan fingerprint density at radius 3 is 2.69 bits per heavy atom. The number of furan rings is 1. The van der Waals surface area contributed by atoms with Gasteiger partial charge in [0.15, 0.2) is 0 Å². The second-order valence-electron chi connectivity index (χ2n) is 7.05. The summed E-state index contributed by atoms with van der Waals surface area (Å²) in [5, 5.41) is 2.96. The first kappa shape index (κ1) is 19.0. The molecule has 1 aromatic carbocycles. The Bertz CT molecular complexity index is 933. The highest BCUT2D eigenvalue weighted by atomic mass is 16.5. The lowest BCUT2D eigenvalue weighted by molar-refractivity contribution is -0.125. The van der Waals surface area contributed by atoms with E-state index in [2.05, 4.69) is 20.2 Å². The predicted molar refractivity (Wildman–Crippen MR) is 110 cm³/mol. The highest BCUT2D eigenvalue weighted by Gasteiger charge is 2.25. The van der Waals surface area contributed by atoms with Gasteiger partial charge in [0.2, 0.25) is 5.91 Å². The fraction of sp³-hybridized carbons (Fsp3) is 0.318. The zero-order valence-electron chi connectivity index (χ0n) is 16.4. The molecule has 150 valence electrons. The van der Waals surface area contributed by atoms with Gasteiger partial charge in [0.1, 0.15) is 23.7 Å². The molecule has 1 N–H and O–H groups in total. The van der Waals surface area contributed by atoms with Crippen LogP contribution in [0.25, 0.3) is 11.3 Å². The predicted octanol–water partition coefficient (Wildman–Crippen LogP) is 3.28. The van der Waals surface area contributed by atoms with Gasteiger partial charge in [0, 0.05) is 30.6 Å². The fourth-order valence-corrected chi connectivity index (χ4v) is 3.54. The summed E-state index contributed by atoms with van der Waals surface area (Å²) in [5.74, 6) is 2.57. The van der Waals surface area contributed by atoms with Crippen LogP contribution < -0.4 is 15.0 Å². The Morgan fingerprint density at radius 1 is 1.21 bits per heavy atom. The van der Waals surface area contributed by atoms with E-state index in [-0.39, 0.29) is 11.8 Å². The van der Waals surface area contributed by atoms with Crippen molar-refractivity contribution >= 4 is 11.7 Å². The van der Waals surface area contributed by atoms with E-state index in [4.69, 9.17) is 9.15 Å². The molecule has 0 saturated carbocycles. The number of carbonyl (C=O) groups excluding carboxylic acids is 1. The second-order valence-corrected chi connectivity index (χ2v) is 7.05. The lowest BCUT2D eigenvalue weighted by Crippen LogP contribution is -2.40. The molecule has 0 radical (unpaired) electrons. The first-order valence-electron chi connectivity index (χ1n) is 9.74. The van der Waals surface area contributed by atoms with Crippen molar-refractivity contribution < 1.29 is 13.9 Å². The van der Waals surface area contributed by atoms with Gasteiger partial charge in [-0.2, -0.15) is 0 Å². The fourth-order valence-electron chi connectivity index (χ4n) is 3.54. The number of methoxy groups -OCH3 is 1. The number of nitrogens with zero attached hydrogens (tertiary/aromatic N) is 3. The van der Waals surface area contributed by atoms with E-state index in [1.54, 1.807) is 19.7 Å². The smallest absolute Gasteiger partial charge is 0.223 e. The van der Waals surface area contributed by atoms with E-state index in [0.29, 0.717) is 6.54 Å². The van der Waals surface area contributed by atoms with E-state index in [1.807, 2.05) is 42.5 Å². The lowest BCUT2D eigenvalue weighted by atomic mass is 9.96. The molecular formula is C22H24N4O3. The standard InChI is InChI=1S/C22H24N4O3/c1-28-18-6-4-16(5-7-18)20-13-21(25-15-24-20)26-10-8-17(9-11-26)22(27)23-14-19-3-2-12-29-19/h2-7,12-13,15,17H,8-11,14H2,1H3,(H,23,27). The Kier molecular flexibility index (Phi) is 5.74. The molecule has 0 unspecified atom stereocenters. The van der Waals surface area contributed by atoms with E-state index >= 15 is 0 Å². The van der Waals surface area contributed by atoms with Crippen LogP contribution in [0, 0.1) is 5.92 Å². The molecule has 3 heterocycles. The average Bonchev–Trinajstić information content (AvgIpc) is 3.31. The molecule has 1 aliphatic rings. The summed E-state index contributed by atoms with van der Waals surface area (Å²) in [6.45, 7) is 2.01. The van der Waals surface area contributed by atoms with Crippen LogP contribution in [-0.2, 0) is 11.3 Å². The van der Waals surface area contributed by atoms with Crippen LogP contribution in [-0.4, -0.2) is 36.1 Å². The Labute approximate surface area is 169 Å². The van der Waals surface area contributed by atoms with Crippen LogP contribution in [0.2, 0.25) is 0 Å². The van der Waals surface area contributed by atoms with Crippen molar-refractivity contribution in [1.29, 1.82) is 0 Å². The molecule has 1 saturated heterocycles. The Hall–Kier alpha value is -3.35. The number of aromatic nitrogens is 2. The first-order valence-corrected chi connectivity index (χ1v) is 9.74. The van der Waals surface area contributed by atoms with Gasteiger partial charge in [-0.15, -0.1) is 0 Å². The molecule has 0 spiro atoms.